The molecule has 2 amide bonds. The van der Waals surface area contributed by atoms with Crippen molar-refractivity contribution in [1.29, 1.82) is 0 Å². The zero-order valence-electron chi connectivity index (χ0n) is 19.5. The van der Waals surface area contributed by atoms with Crippen LogP contribution in [0.2, 0.25) is 5.02 Å². The first-order valence-electron chi connectivity index (χ1n) is 11.6. The highest BCUT2D eigenvalue weighted by Crippen LogP contribution is 2.33. The van der Waals surface area contributed by atoms with Gasteiger partial charge in [0.1, 0.15) is 0 Å². The largest absolute Gasteiger partial charge is 0.380 e. The highest BCUT2D eigenvalue weighted by molar-refractivity contribution is 7.10. The summed E-state index contributed by atoms with van der Waals surface area (Å²) in [4.78, 5) is 27.9. The van der Waals surface area contributed by atoms with Gasteiger partial charge in [-0.05, 0) is 60.4 Å². The predicted molar refractivity (Wildman–Crippen MR) is 137 cm³/mol. The fraction of sp³-hybridized carbons (Fsp3) is 0.333. The van der Waals surface area contributed by atoms with Crippen LogP contribution in [0.3, 0.4) is 0 Å². The number of rotatable bonds is 8. The molecular weight excluding hydrogens is 484 g/mol. The number of hydrogen-bond acceptors (Lipinski definition) is 5. The van der Waals surface area contributed by atoms with Crippen molar-refractivity contribution in [2.75, 3.05) is 6.54 Å². The van der Waals surface area contributed by atoms with E-state index in [1.807, 2.05) is 66.9 Å². The molecule has 1 aromatic heterocycles. The third-order valence-corrected chi connectivity index (χ3v) is 7.64. The maximum atomic E-state index is 13.0. The molecule has 8 heteroatoms. The molecule has 4 rings (SSSR count). The molecule has 3 N–H and O–H groups in total. The van der Waals surface area contributed by atoms with Crippen molar-refractivity contribution in [1.82, 2.24) is 10.2 Å². The SMILES string of the molecule is Cc1cccc([C@H]2CCCN2C(=O)[C@H](O)C(O)C(=O)NCc2cc(Cc3ccccc3Cl)cs2)c1. The number of nitrogens with zero attached hydrogens (tertiary/aromatic N) is 1. The van der Waals surface area contributed by atoms with Crippen LogP contribution in [0.5, 0.6) is 0 Å². The van der Waals surface area contributed by atoms with E-state index in [1.54, 1.807) is 4.90 Å². The van der Waals surface area contributed by atoms with Crippen molar-refractivity contribution in [3.8, 4) is 0 Å². The Balaban J connectivity index is 1.32. The summed E-state index contributed by atoms with van der Waals surface area (Å²) in [5, 5.41) is 26.3. The van der Waals surface area contributed by atoms with E-state index in [0.717, 1.165) is 40.0 Å². The first kappa shape index (κ1) is 25.4. The van der Waals surface area contributed by atoms with Crippen molar-refractivity contribution < 1.29 is 19.8 Å². The van der Waals surface area contributed by atoms with Crippen molar-refractivity contribution >= 4 is 34.8 Å². The minimum atomic E-state index is -1.84. The molecule has 1 unspecified atom stereocenters. The molecule has 2 aromatic carbocycles. The summed E-state index contributed by atoms with van der Waals surface area (Å²) >= 11 is 7.72. The van der Waals surface area contributed by atoms with Gasteiger partial charge in [0.15, 0.2) is 12.2 Å². The van der Waals surface area contributed by atoms with Gasteiger partial charge >= 0.3 is 0 Å². The lowest BCUT2D eigenvalue weighted by Gasteiger charge is -2.28. The summed E-state index contributed by atoms with van der Waals surface area (Å²) in [5.74, 6) is -1.41. The fourth-order valence-corrected chi connectivity index (χ4v) is 5.49. The van der Waals surface area contributed by atoms with Gasteiger partial charge in [-0.15, -0.1) is 11.3 Å². The molecule has 1 aliphatic rings. The summed E-state index contributed by atoms with van der Waals surface area (Å²) in [6.07, 6.45) is -1.41. The molecule has 1 saturated heterocycles. The molecular formula is C27H29ClN2O4S. The summed E-state index contributed by atoms with van der Waals surface area (Å²) in [5.41, 5.74) is 4.17. The van der Waals surface area contributed by atoms with E-state index in [-0.39, 0.29) is 12.6 Å². The first-order chi connectivity index (χ1) is 16.8. The average molecular weight is 513 g/mol. The van der Waals surface area contributed by atoms with Gasteiger partial charge in [0, 0.05) is 16.4 Å². The Kier molecular flexibility index (Phi) is 8.23. The van der Waals surface area contributed by atoms with E-state index in [1.165, 1.54) is 11.3 Å². The molecule has 35 heavy (non-hydrogen) atoms. The van der Waals surface area contributed by atoms with Gasteiger partial charge in [0.05, 0.1) is 12.6 Å². The zero-order valence-corrected chi connectivity index (χ0v) is 21.1. The van der Waals surface area contributed by atoms with Crippen molar-refractivity contribution in [3.05, 3.63) is 92.1 Å². The molecule has 3 aromatic rings. The average Bonchev–Trinajstić information content (AvgIpc) is 3.52. The van der Waals surface area contributed by atoms with Crippen molar-refractivity contribution in [2.24, 2.45) is 0 Å². The van der Waals surface area contributed by atoms with Gasteiger partial charge in [-0.2, -0.15) is 0 Å². The summed E-state index contributed by atoms with van der Waals surface area (Å²) < 4.78 is 0. The van der Waals surface area contributed by atoms with Crippen LogP contribution in [-0.2, 0) is 22.6 Å². The Morgan fingerprint density at radius 3 is 2.71 bits per heavy atom. The third-order valence-electron chi connectivity index (χ3n) is 6.28. The van der Waals surface area contributed by atoms with Crippen LogP contribution >= 0.6 is 22.9 Å². The van der Waals surface area contributed by atoms with Gasteiger partial charge in [0.25, 0.3) is 11.8 Å². The number of likely N-dealkylation sites (tertiary alicyclic amines) is 1. The van der Waals surface area contributed by atoms with Crippen molar-refractivity contribution in [3.63, 3.8) is 0 Å². The molecule has 0 saturated carbocycles. The zero-order chi connectivity index (χ0) is 24.9. The van der Waals surface area contributed by atoms with Crippen LogP contribution in [0.1, 0.15) is 46.0 Å². The topological polar surface area (TPSA) is 89.9 Å². The normalized spacial score (nSPS) is 17.3. The Labute approximate surface area is 214 Å². The number of hydrogen-bond donors (Lipinski definition) is 3. The lowest BCUT2D eigenvalue weighted by Crippen LogP contribution is -2.50. The number of benzene rings is 2. The molecule has 1 aliphatic heterocycles. The van der Waals surface area contributed by atoms with Gasteiger partial charge < -0.3 is 20.4 Å². The minimum absolute atomic E-state index is 0.171. The second kappa shape index (κ2) is 11.4. The molecule has 2 heterocycles. The van der Waals surface area contributed by atoms with Gasteiger partial charge in [-0.25, -0.2) is 0 Å². The number of aliphatic hydroxyl groups is 2. The molecule has 3 atom stereocenters. The van der Waals surface area contributed by atoms with Crippen LogP contribution < -0.4 is 5.32 Å². The van der Waals surface area contributed by atoms with Crippen LogP contribution in [0.25, 0.3) is 0 Å². The Hall–Kier alpha value is -2.71. The number of carbonyl (C=O) groups is 2. The minimum Gasteiger partial charge on any atom is -0.380 e. The third kappa shape index (κ3) is 6.11. The Bertz CT molecular complexity index is 1200. The lowest BCUT2D eigenvalue weighted by atomic mass is 10.0. The number of aryl methyl sites for hydroxylation is 1. The fourth-order valence-electron chi connectivity index (χ4n) is 4.45. The molecule has 1 fully saturated rings. The molecule has 0 bridgehead atoms. The standard InChI is InChI=1S/C27H29ClN2O4S/c1-17-6-4-8-20(12-17)23-10-5-11-30(23)27(34)25(32)24(31)26(33)29-15-21-14-18(16-35-21)13-19-7-2-3-9-22(19)28/h2-4,6-9,12,14,16,23-25,31-32H,5,10-11,13,15H2,1H3,(H,29,33)/t23-,24?,25-/m1/s1. The number of carbonyl (C=O) groups excluding carboxylic acids is 2. The van der Waals surface area contributed by atoms with Crippen LogP contribution in [-0.4, -0.2) is 45.7 Å². The second-order valence-electron chi connectivity index (χ2n) is 8.90. The van der Waals surface area contributed by atoms with Crippen LogP contribution in [0, 0.1) is 6.92 Å². The van der Waals surface area contributed by atoms with E-state index in [2.05, 4.69) is 5.32 Å². The highest BCUT2D eigenvalue weighted by atomic mass is 35.5. The number of amides is 2. The smallest absolute Gasteiger partial charge is 0.255 e. The molecule has 0 spiro atoms. The molecule has 6 nitrogen and oxygen atoms in total. The van der Waals surface area contributed by atoms with E-state index in [9.17, 15) is 19.8 Å². The molecule has 0 aliphatic carbocycles. The van der Waals surface area contributed by atoms with E-state index < -0.39 is 24.0 Å². The summed E-state index contributed by atoms with van der Waals surface area (Å²) in [6.45, 7) is 2.66. The maximum Gasteiger partial charge on any atom is 0.255 e. The number of nitrogens with one attached hydrogen (secondary N) is 1. The van der Waals surface area contributed by atoms with E-state index in [4.69, 9.17) is 11.6 Å². The van der Waals surface area contributed by atoms with E-state index >= 15 is 0 Å². The van der Waals surface area contributed by atoms with Crippen molar-refractivity contribution in [2.45, 2.75) is 51.0 Å². The molecule has 184 valence electrons. The summed E-state index contributed by atoms with van der Waals surface area (Å²) in [7, 11) is 0. The Morgan fingerprint density at radius 1 is 1.14 bits per heavy atom. The van der Waals surface area contributed by atoms with Gasteiger partial charge in [-0.1, -0.05) is 59.6 Å². The van der Waals surface area contributed by atoms with Crippen LogP contribution in [0.4, 0.5) is 0 Å². The Morgan fingerprint density at radius 2 is 1.94 bits per heavy atom. The number of aliphatic hydroxyl groups excluding tert-OH is 2. The molecule has 0 radical (unpaired) electrons. The first-order valence-corrected chi connectivity index (χ1v) is 12.9. The van der Waals surface area contributed by atoms with Gasteiger partial charge in [0.2, 0.25) is 0 Å². The lowest BCUT2D eigenvalue weighted by molar-refractivity contribution is -0.153. The quantitative estimate of drug-likeness (QED) is 0.425. The monoisotopic (exact) mass is 512 g/mol. The maximum absolute atomic E-state index is 13.0. The second-order valence-corrected chi connectivity index (χ2v) is 10.3. The van der Waals surface area contributed by atoms with Crippen LogP contribution in [0.15, 0.2) is 60.0 Å². The number of halogens is 1. The predicted octanol–water partition coefficient (Wildman–Crippen LogP) is 4.00. The number of thiophene rings is 1. The summed E-state index contributed by atoms with van der Waals surface area (Å²) in [6, 6.07) is 17.4. The van der Waals surface area contributed by atoms with Gasteiger partial charge in [-0.3, -0.25) is 9.59 Å². The highest BCUT2D eigenvalue weighted by Gasteiger charge is 2.38. The van der Waals surface area contributed by atoms with E-state index in [0.29, 0.717) is 18.0 Å².